The molecule has 0 atom stereocenters. The van der Waals surface area contributed by atoms with E-state index in [0.29, 0.717) is 55.9 Å². The van der Waals surface area contributed by atoms with Crippen molar-refractivity contribution in [3.8, 4) is 17.0 Å². The van der Waals surface area contributed by atoms with Crippen LogP contribution >= 0.6 is 23.1 Å². The Labute approximate surface area is 270 Å². The number of hydrogen-bond acceptors (Lipinski definition) is 12. The Balaban J connectivity index is 1.34. The molecule has 0 amide bonds. The highest BCUT2D eigenvalue weighted by molar-refractivity contribution is 9.10. The third-order valence-corrected chi connectivity index (χ3v) is 9.99. The maximum Gasteiger partial charge on any atom is 0.239 e. The number of methoxy groups -OCH3 is 1. The van der Waals surface area contributed by atoms with Crippen LogP contribution in [-0.2, 0) is 4.57 Å². The number of ether oxygens (including phenoxy) is 1. The number of furan rings is 1. The molecule has 1 aliphatic heterocycles. The Morgan fingerprint density at radius 1 is 1.04 bits per heavy atom. The fourth-order valence-corrected chi connectivity index (χ4v) is 7.31. The minimum atomic E-state index is -2.76. The van der Waals surface area contributed by atoms with Gasteiger partial charge in [0.1, 0.15) is 30.0 Å². The summed E-state index contributed by atoms with van der Waals surface area (Å²) in [7, 11) is 3.10. The summed E-state index contributed by atoms with van der Waals surface area (Å²) >= 11 is 3.56. The Hall–Kier alpha value is -4.06. The predicted molar refractivity (Wildman–Crippen MR) is 182 cm³/mol. The number of nitrogens with zero attached hydrogens (tertiary/aromatic N) is 7. The summed E-state index contributed by atoms with van der Waals surface area (Å²) in [5.74, 6) is 2.05. The summed E-state index contributed by atoms with van der Waals surface area (Å²) in [5.41, 5.74) is 4.31. The number of benzene rings is 1. The number of anilines is 5. The zero-order valence-electron chi connectivity index (χ0n) is 25.8. The molecule has 5 aromatic rings. The lowest BCUT2D eigenvalue weighted by Crippen LogP contribution is -2.42. The summed E-state index contributed by atoms with van der Waals surface area (Å²) in [5, 5.41) is 7.25. The normalized spacial score (nSPS) is 14.2. The van der Waals surface area contributed by atoms with Crippen molar-refractivity contribution in [2.75, 3.05) is 63.2 Å². The van der Waals surface area contributed by atoms with E-state index in [1.807, 2.05) is 24.3 Å². The van der Waals surface area contributed by atoms with Crippen molar-refractivity contribution in [3.05, 3.63) is 59.9 Å². The average Bonchev–Trinajstić information content (AvgIpc) is 3.57. The van der Waals surface area contributed by atoms with E-state index in [-0.39, 0.29) is 0 Å². The Morgan fingerprint density at radius 3 is 2.51 bits per heavy atom. The van der Waals surface area contributed by atoms with Crippen molar-refractivity contribution < 1.29 is 13.7 Å². The molecule has 2 N–H and O–H groups in total. The molecule has 234 valence electrons. The zero-order chi connectivity index (χ0) is 31.7. The van der Waals surface area contributed by atoms with Gasteiger partial charge in [-0.3, -0.25) is 9.97 Å². The number of rotatable bonds is 9. The Bertz CT molecular complexity index is 1870. The molecule has 12 nitrogen and oxygen atoms in total. The monoisotopic (exact) mass is 691 g/mol. The number of fused-ring (bicyclic) bond motifs is 1. The van der Waals surface area contributed by atoms with Crippen LogP contribution in [0.1, 0.15) is 12.8 Å². The highest BCUT2D eigenvalue weighted by Gasteiger charge is 2.26. The van der Waals surface area contributed by atoms with Crippen LogP contribution in [0.15, 0.2) is 64.3 Å². The number of aromatic nitrogens is 5. The summed E-state index contributed by atoms with van der Waals surface area (Å²) < 4.78 is 25.3. The number of piperidine rings is 1. The molecule has 0 bridgehead atoms. The lowest BCUT2D eigenvalue weighted by atomic mass is 10.0. The van der Waals surface area contributed by atoms with Crippen LogP contribution in [0.4, 0.5) is 29.0 Å². The third kappa shape index (κ3) is 6.51. The highest BCUT2D eigenvalue weighted by Crippen LogP contribution is 2.42. The van der Waals surface area contributed by atoms with Crippen LogP contribution < -0.4 is 25.6 Å². The first-order valence-electron chi connectivity index (χ1n) is 14.5. The zero-order valence-corrected chi connectivity index (χ0v) is 28.3. The van der Waals surface area contributed by atoms with Gasteiger partial charge in [0, 0.05) is 48.8 Å². The van der Waals surface area contributed by atoms with Crippen molar-refractivity contribution in [1.82, 2.24) is 29.8 Å². The van der Waals surface area contributed by atoms with Crippen molar-refractivity contribution in [1.29, 1.82) is 0 Å². The van der Waals surface area contributed by atoms with E-state index in [1.165, 1.54) is 0 Å². The van der Waals surface area contributed by atoms with Crippen LogP contribution in [-0.4, -0.2) is 83.5 Å². The van der Waals surface area contributed by atoms with Gasteiger partial charge in [0.25, 0.3) is 0 Å². The fraction of sp³-hybridized carbons (Fsp3) is 0.323. The predicted octanol–water partition coefficient (Wildman–Crippen LogP) is 6.11. The molecule has 5 heterocycles. The van der Waals surface area contributed by atoms with Crippen molar-refractivity contribution >= 4 is 68.4 Å². The van der Waals surface area contributed by atoms with Crippen LogP contribution in [0, 0.1) is 0 Å². The van der Waals surface area contributed by atoms with E-state index >= 15 is 0 Å². The lowest BCUT2D eigenvalue weighted by Gasteiger charge is -2.36. The van der Waals surface area contributed by atoms with E-state index < -0.39 is 7.14 Å². The molecular formula is C31H35BrN9O3P. The second-order valence-corrected chi connectivity index (χ2v) is 15.5. The molecule has 14 heteroatoms. The molecule has 0 unspecified atom stereocenters. The summed E-state index contributed by atoms with van der Waals surface area (Å²) in [4.78, 5) is 27.7. The molecule has 1 aromatic carbocycles. The van der Waals surface area contributed by atoms with Crippen LogP contribution in [0.25, 0.3) is 22.2 Å². The van der Waals surface area contributed by atoms with Gasteiger partial charge in [-0.25, -0.2) is 4.98 Å². The Morgan fingerprint density at radius 2 is 1.82 bits per heavy atom. The maximum absolute atomic E-state index is 13.4. The van der Waals surface area contributed by atoms with Gasteiger partial charge in [-0.2, -0.15) is 9.97 Å². The van der Waals surface area contributed by atoms with Gasteiger partial charge in [0.05, 0.1) is 40.6 Å². The van der Waals surface area contributed by atoms with E-state index in [1.54, 1.807) is 51.6 Å². The second kappa shape index (κ2) is 12.7. The molecule has 0 radical (unpaired) electrons. The molecule has 0 spiro atoms. The number of hydrogen-bond donors (Lipinski definition) is 2. The summed E-state index contributed by atoms with van der Waals surface area (Å²) in [6.45, 7) is 5.20. The maximum atomic E-state index is 13.4. The topological polar surface area (TPSA) is 134 Å². The standard InChI is InChI=1S/C31H35BrN9O3P/c1-40(2)20-8-13-41(14-9-20)29-21(19-10-15-44-18-19)16-25(30(39-29)43-3)37-31-35-17-22(32)28(38-31)36-24-7-6-23-26(34-12-11-33-23)27(24)45(4,5)42/h6-7,10-12,15-18,20H,8-9,13-14H2,1-5H3,(H2,35,36,37,38). The van der Waals surface area contributed by atoms with Gasteiger partial charge in [-0.15, -0.1) is 0 Å². The van der Waals surface area contributed by atoms with Gasteiger partial charge in [0.2, 0.25) is 11.8 Å². The molecular weight excluding hydrogens is 657 g/mol. The smallest absolute Gasteiger partial charge is 0.239 e. The highest BCUT2D eigenvalue weighted by atomic mass is 79.9. The van der Waals surface area contributed by atoms with Gasteiger partial charge >= 0.3 is 0 Å². The van der Waals surface area contributed by atoms with Crippen LogP contribution in [0.3, 0.4) is 0 Å². The van der Waals surface area contributed by atoms with E-state index in [9.17, 15) is 4.57 Å². The molecule has 45 heavy (non-hydrogen) atoms. The first-order valence-corrected chi connectivity index (χ1v) is 17.9. The Kier molecular flexibility index (Phi) is 8.76. The molecule has 1 saturated heterocycles. The molecule has 4 aromatic heterocycles. The molecule has 6 rings (SSSR count). The van der Waals surface area contributed by atoms with Crippen LogP contribution in [0.5, 0.6) is 5.88 Å². The minimum Gasteiger partial charge on any atom is -0.479 e. The van der Waals surface area contributed by atoms with Crippen molar-refractivity contribution in [2.45, 2.75) is 18.9 Å². The van der Waals surface area contributed by atoms with Crippen molar-refractivity contribution in [2.24, 2.45) is 0 Å². The molecule has 1 fully saturated rings. The van der Waals surface area contributed by atoms with Gasteiger partial charge in [-0.1, -0.05) is 0 Å². The van der Waals surface area contributed by atoms with E-state index in [4.69, 9.17) is 19.1 Å². The van der Waals surface area contributed by atoms with Crippen LogP contribution in [0.2, 0.25) is 0 Å². The fourth-order valence-electron chi connectivity index (χ4n) is 5.63. The summed E-state index contributed by atoms with van der Waals surface area (Å²) in [6.07, 6.45) is 10.3. The van der Waals surface area contributed by atoms with Gasteiger partial charge < -0.3 is 34.2 Å². The first kappa shape index (κ1) is 30.9. The summed E-state index contributed by atoms with van der Waals surface area (Å²) in [6, 6.07) is 8.15. The first-order chi connectivity index (χ1) is 21.6. The average molecular weight is 693 g/mol. The lowest BCUT2D eigenvalue weighted by molar-refractivity contribution is 0.249. The number of nitrogens with one attached hydrogen (secondary N) is 2. The second-order valence-electron chi connectivity index (χ2n) is 11.5. The molecule has 0 saturated carbocycles. The SMILES string of the molecule is COc1nc(N2CCC(N(C)C)CC2)c(-c2ccoc2)cc1Nc1ncc(Br)c(Nc2ccc3nccnc3c2P(C)(C)=O)n1. The molecule has 1 aliphatic rings. The largest absolute Gasteiger partial charge is 0.479 e. The van der Waals surface area contributed by atoms with E-state index in [0.717, 1.165) is 42.9 Å². The quantitative estimate of drug-likeness (QED) is 0.173. The van der Waals surface area contributed by atoms with Crippen molar-refractivity contribution in [3.63, 3.8) is 0 Å². The van der Waals surface area contributed by atoms with Gasteiger partial charge in [-0.05, 0) is 80.5 Å². The van der Waals surface area contributed by atoms with Gasteiger partial charge in [0.15, 0.2) is 0 Å². The minimum absolute atomic E-state index is 0.316. The number of halogens is 1. The molecule has 0 aliphatic carbocycles. The number of pyridine rings is 1. The van der Waals surface area contributed by atoms with E-state index in [2.05, 4.69) is 65.4 Å². The third-order valence-electron chi connectivity index (χ3n) is 7.88.